The van der Waals surface area contributed by atoms with Crippen LogP contribution in [0, 0.1) is 0 Å². The zero-order valence-electron chi connectivity index (χ0n) is 10.7. The van der Waals surface area contributed by atoms with Crippen LogP contribution in [0.3, 0.4) is 0 Å². The van der Waals surface area contributed by atoms with Gasteiger partial charge in [0, 0.05) is 0 Å². The first-order valence-corrected chi connectivity index (χ1v) is 7.71. The number of hydrogen-bond acceptors (Lipinski definition) is 2. The van der Waals surface area contributed by atoms with Crippen LogP contribution < -0.4 is 0 Å². The normalized spacial score (nSPS) is 18.4. The van der Waals surface area contributed by atoms with Gasteiger partial charge in [0.15, 0.2) is 0 Å². The van der Waals surface area contributed by atoms with Crippen LogP contribution >= 0.6 is 7.60 Å². The Morgan fingerprint density at radius 2 is 1.82 bits per heavy atom. The van der Waals surface area contributed by atoms with Crippen molar-refractivity contribution in [1.82, 2.24) is 0 Å². The second-order valence-electron chi connectivity index (χ2n) is 4.22. The zero-order chi connectivity index (χ0) is 12.9. The van der Waals surface area contributed by atoms with E-state index in [4.69, 9.17) is 4.52 Å². The molecule has 0 bridgehead atoms. The van der Waals surface area contributed by atoms with Crippen molar-refractivity contribution in [3.05, 3.63) is 35.9 Å². The lowest BCUT2D eigenvalue weighted by Gasteiger charge is -2.24. The third-order valence-corrected chi connectivity index (χ3v) is 4.98. The Hall–Kier alpha value is -0.630. The summed E-state index contributed by atoms with van der Waals surface area (Å²) in [6.45, 7) is 5.66. The van der Waals surface area contributed by atoms with Gasteiger partial charge in [-0.25, -0.2) is 0 Å². The lowest BCUT2D eigenvalue weighted by atomic mass is 10.1. The van der Waals surface area contributed by atoms with Gasteiger partial charge >= 0.3 is 7.60 Å². The molecule has 1 rings (SSSR count). The molecular weight excluding hydrogens is 235 g/mol. The van der Waals surface area contributed by atoms with E-state index in [1.165, 1.54) is 0 Å². The predicted octanol–water partition coefficient (Wildman–Crippen LogP) is 4.14. The Morgan fingerprint density at radius 3 is 2.29 bits per heavy atom. The Balaban J connectivity index is 2.90. The fourth-order valence-electron chi connectivity index (χ4n) is 1.74. The maximum atomic E-state index is 12.2. The first kappa shape index (κ1) is 14.4. The molecule has 3 nitrogen and oxygen atoms in total. The van der Waals surface area contributed by atoms with E-state index in [1.54, 1.807) is 0 Å². The van der Waals surface area contributed by atoms with Crippen molar-refractivity contribution in [1.29, 1.82) is 0 Å². The van der Waals surface area contributed by atoms with Crippen molar-refractivity contribution in [3.63, 3.8) is 0 Å². The molecule has 1 aromatic rings. The fraction of sp³-hybridized carbons (Fsp3) is 0.538. The van der Waals surface area contributed by atoms with E-state index in [0.717, 1.165) is 12.0 Å². The summed E-state index contributed by atoms with van der Waals surface area (Å²) >= 11 is 0. The Kier molecular flexibility index (Phi) is 5.38. The van der Waals surface area contributed by atoms with E-state index in [2.05, 4.69) is 0 Å². The summed E-state index contributed by atoms with van der Waals surface area (Å²) in [4.78, 5) is 10.1. The van der Waals surface area contributed by atoms with Crippen LogP contribution in [0.15, 0.2) is 30.3 Å². The molecule has 3 unspecified atom stereocenters. The van der Waals surface area contributed by atoms with Gasteiger partial charge in [0.25, 0.3) is 0 Å². The number of hydrogen-bond donors (Lipinski definition) is 1. The largest absolute Gasteiger partial charge is 0.335 e. The van der Waals surface area contributed by atoms with Gasteiger partial charge in [0.1, 0.15) is 0 Å². The van der Waals surface area contributed by atoms with Gasteiger partial charge in [0.05, 0.1) is 11.8 Å². The predicted molar refractivity (Wildman–Crippen MR) is 70.1 cm³/mol. The average Bonchev–Trinajstić information content (AvgIpc) is 2.30. The summed E-state index contributed by atoms with van der Waals surface area (Å²) in [5.41, 5.74) is 0.432. The number of benzene rings is 1. The molecular formula is C13H21O3P. The van der Waals surface area contributed by atoms with Gasteiger partial charge < -0.3 is 9.42 Å². The Bertz CT molecular complexity index is 378. The minimum absolute atomic E-state index is 0.191. The summed E-state index contributed by atoms with van der Waals surface area (Å²) in [7, 11) is -3.60. The molecule has 0 spiro atoms. The van der Waals surface area contributed by atoms with E-state index in [1.807, 2.05) is 51.1 Å². The van der Waals surface area contributed by atoms with Crippen molar-refractivity contribution < 1.29 is 14.0 Å². The summed E-state index contributed by atoms with van der Waals surface area (Å²) in [6.07, 6.45) is 1.13. The highest BCUT2D eigenvalue weighted by Gasteiger charge is 2.33. The van der Waals surface area contributed by atoms with E-state index < -0.39 is 13.3 Å². The van der Waals surface area contributed by atoms with Crippen LogP contribution in [-0.4, -0.2) is 11.0 Å². The van der Waals surface area contributed by atoms with Crippen LogP contribution in [-0.2, 0) is 9.09 Å². The maximum Gasteiger partial charge on any atom is 0.335 e. The SMILES string of the molecule is CCC(C)OP(=O)(O)C(CC)c1ccccc1. The molecule has 3 atom stereocenters. The van der Waals surface area contributed by atoms with Crippen LogP contribution in [0.25, 0.3) is 0 Å². The summed E-state index contributed by atoms with van der Waals surface area (Å²) in [5.74, 6) is 0. The highest BCUT2D eigenvalue weighted by Crippen LogP contribution is 2.58. The van der Waals surface area contributed by atoms with E-state index in [9.17, 15) is 9.46 Å². The van der Waals surface area contributed by atoms with Crippen LogP contribution in [0.2, 0.25) is 0 Å². The smallest absolute Gasteiger partial charge is 0.324 e. The van der Waals surface area contributed by atoms with Gasteiger partial charge in [-0.3, -0.25) is 4.57 Å². The highest BCUT2D eigenvalue weighted by atomic mass is 31.2. The topological polar surface area (TPSA) is 46.5 Å². The average molecular weight is 256 g/mol. The van der Waals surface area contributed by atoms with Crippen LogP contribution in [0.1, 0.15) is 44.8 Å². The summed E-state index contributed by atoms with van der Waals surface area (Å²) < 4.78 is 17.6. The first-order chi connectivity index (χ1) is 8.01. The molecule has 0 aromatic heterocycles. The molecule has 0 heterocycles. The van der Waals surface area contributed by atoms with E-state index >= 15 is 0 Å². The molecule has 4 heteroatoms. The monoisotopic (exact) mass is 256 g/mol. The fourth-order valence-corrected chi connectivity index (χ4v) is 3.56. The molecule has 0 aliphatic rings. The molecule has 1 aromatic carbocycles. The van der Waals surface area contributed by atoms with Gasteiger partial charge in [-0.15, -0.1) is 0 Å². The third-order valence-electron chi connectivity index (χ3n) is 2.87. The summed E-state index contributed by atoms with van der Waals surface area (Å²) in [5, 5.41) is 0. The molecule has 96 valence electrons. The van der Waals surface area contributed by atoms with Crippen molar-refractivity contribution in [2.24, 2.45) is 0 Å². The second-order valence-corrected chi connectivity index (χ2v) is 6.19. The van der Waals surface area contributed by atoms with Crippen LogP contribution in [0.4, 0.5) is 0 Å². The van der Waals surface area contributed by atoms with Gasteiger partial charge in [0.2, 0.25) is 0 Å². The molecule has 0 saturated heterocycles. The lowest BCUT2D eigenvalue weighted by molar-refractivity contribution is 0.179. The van der Waals surface area contributed by atoms with Crippen LogP contribution in [0.5, 0.6) is 0 Å². The van der Waals surface area contributed by atoms with Crippen molar-refractivity contribution in [2.75, 3.05) is 0 Å². The second kappa shape index (κ2) is 6.34. The van der Waals surface area contributed by atoms with Crippen molar-refractivity contribution in [2.45, 2.75) is 45.4 Å². The zero-order valence-corrected chi connectivity index (χ0v) is 11.6. The maximum absolute atomic E-state index is 12.2. The van der Waals surface area contributed by atoms with Gasteiger partial charge in [-0.05, 0) is 25.3 Å². The van der Waals surface area contributed by atoms with Crippen molar-refractivity contribution >= 4 is 7.60 Å². The number of rotatable bonds is 6. The molecule has 0 amide bonds. The molecule has 0 saturated carbocycles. The summed E-state index contributed by atoms with van der Waals surface area (Å²) in [6, 6.07) is 9.39. The molecule has 0 aliphatic carbocycles. The molecule has 1 N–H and O–H groups in total. The van der Waals surface area contributed by atoms with Gasteiger partial charge in [-0.1, -0.05) is 44.2 Å². The molecule has 17 heavy (non-hydrogen) atoms. The van der Waals surface area contributed by atoms with E-state index in [-0.39, 0.29) is 6.10 Å². The standard InChI is InChI=1S/C13H21O3P/c1-4-11(3)16-17(14,15)13(5-2)12-9-7-6-8-10-12/h6-11,13H,4-5H2,1-3H3,(H,14,15). The van der Waals surface area contributed by atoms with E-state index in [0.29, 0.717) is 6.42 Å². The van der Waals surface area contributed by atoms with Gasteiger partial charge in [-0.2, -0.15) is 0 Å². The van der Waals surface area contributed by atoms with Crippen molar-refractivity contribution in [3.8, 4) is 0 Å². The minimum atomic E-state index is -3.60. The highest BCUT2D eigenvalue weighted by molar-refractivity contribution is 7.53. The quantitative estimate of drug-likeness (QED) is 0.778. The Labute approximate surface area is 103 Å². The minimum Gasteiger partial charge on any atom is -0.324 e. The Morgan fingerprint density at radius 1 is 1.24 bits per heavy atom. The first-order valence-electron chi connectivity index (χ1n) is 6.07. The molecule has 0 radical (unpaired) electrons. The third kappa shape index (κ3) is 3.95. The molecule has 0 aliphatic heterocycles. The molecule has 0 fully saturated rings. The lowest BCUT2D eigenvalue weighted by Crippen LogP contribution is -2.09.